The van der Waals surface area contributed by atoms with Gasteiger partial charge in [-0.2, -0.15) is 0 Å². The molecule has 6 nitrogen and oxygen atoms in total. The summed E-state index contributed by atoms with van der Waals surface area (Å²) in [5.41, 5.74) is 1.80. The topological polar surface area (TPSA) is 60.0 Å². The van der Waals surface area contributed by atoms with Gasteiger partial charge in [-0.25, -0.2) is 4.79 Å². The second kappa shape index (κ2) is 9.53. The fourth-order valence-electron chi connectivity index (χ4n) is 3.92. The Morgan fingerprint density at radius 2 is 2.07 bits per heavy atom. The minimum atomic E-state index is -0.145. The molecule has 1 spiro atoms. The average molecular weight is 376 g/mol. The first-order valence-electron chi connectivity index (χ1n) is 10.1. The number of carbonyl (C=O) groups is 1. The minimum absolute atomic E-state index is 0.0283. The molecule has 2 aliphatic heterocycles. The highest BCUT2D eigenvalue weighted by molar-refractivity contribution is 5.90. The highest BCUT2D eigenvalue weighted by Crippen LogP contribution is 2.36. The summed E-state index contributed by atoms with van der Waals surface area (Å²) in [6, 6.07) is 7.83. The second-order valence-electron chi connectivity index (χ2n) is 7.45. The summed E-state index contributed by atoms with van der Waals surface area (Å²) >= 11 is 0. The molecule has 1 aromatic carbocycles. The normalized spacial score (nSPS) is 22.0. The number of urea groups is 1. The van der Waals surface area contributed by atoms with E-state index in [1.807, 2.05) is 43.0 Å². The van der Waals surface area contributed by atoms with Crippen molar-refractivity contribution in [3.05, 3.63) is 29.8 Å². The summed E-state index contributed by atoms with van der Waals surface area (Å²) in [4.78, 5) is 14.5. The van der Waals surface area contributed by atoms with Crippen molar-refractivity contribution in [1.29, 1.82) is 0 Å². The monoisotopic (exact) mass is 376 g/mol. The van der Waals surface area contributed by atoms with Gasteiger partial charge in [0, 0.05) is 38.4 Å². The zero-order valence-electron chi connectivity index (χ0n) is 16.5. The van der Waals surface area contributed by atoms with Gasteiger partial charge >= 0.3 is 6.03 Å². The van der Waals surface area contributed by atoms with Gasteiger partial charge in [-0.3, -0.25) is 0 Å². The van der Waals surface area contributed by atoms with Crippen molar-refractivity contribution < 1.29 is 19.0 Å². The van der Waals surface area contributed by atoms with Gasteiger partial charge in [-0.1, -0.05) is 18.2 Å². The minimum Gasteiger partial charge on any atom is -0.379 e. The molecule has 1 N–H and O–H groups in total. The molecule has 2 saturated heterocycles. The molecule has 1 atom stereocenters. The lowest BCUT2D eigenvalue weighted by molar-refractivity contribution is -0.154. The number of para-hydroxylation sites is 1. The molecule has 0 saturated carbocycles. The third-order valence-corrected chi connectivity index (χ3v) is 5.58. The number of nitrogens with one attached hydrogen (secondary N) is 1. The number of likely N-dealkylation sites (tertiary alicyclic amines) is 1. The molecule has 1 unspecified atom stereocenters. The van der Waals surface area contributed by atoms with E-state index in [4.69, 9.17) is 14.2 Å². The maximum absolute atomic E-state index is 12.6. The summed E-state index contributed by atoms with van der Waals surface area (Å²) in [6.45, 7) is 8.16. The molecular weight excluding hydrogens is 344 g/mol. The predicted molar refractivity (Wildman–Crippen MR) is 105 cm³/mol. The molecule has 6 heteroatoms. The summed E-state index contributed by atoms with van der Waals surface area (Å²) in [7, 11) is 0. The first-order valence-corrected chi connectivity index (χ1v) is 10.1. The largest absolute Gasteiger partial charge is 0.379 e. The van der Waals surface area contributed by atoms with Crippen LogP contribution in [0.5, 0.6) is 0 Å². The molecule has 2 fully saturated rings. The van der Waals surface area contributed by atoms with Crippen molar-refractivity contribution in [3.8, 4) is 0 Å². The molecule has 1 aromatic rings. The van der Waals surface area contributed by atoms with E-state index in [9.17, 15) is 4.79 Å². The van der Waals surface area contributed by atoms with E-state index in [0.29, 0.717) is 26.3 Å². The first-order chi connectivity index (χ1) is 13.1. The van der Waals surface area contributed by atoms with E-state index < -0.39 is 0 Å². The highest BCUT2D eigenvalue weighted by atomic mass is 16.5. The Morgan fingerprint density at radius 1 is 1.30 bits per heavy atom. The average Bonchev–Trinajstić information content (AvgIpc) is 2.68. The SMILES string of the molecule is CCOCCOC1CCOC2(CCN(C(=O)Nc3ccccc3C)CC2)C1. The van der Waals surface area contributed by atoms with Crippen molar-refractivity contribution in [2.45, 2.75) is 51.2 Å². The van der Waals surface area contributed by atoms with Crippen LogP contribution in [0.1, 0.15) is 38.2 Å². The summed E-state index contributed by atoms with van der Waals surface area (Å²) in [5, 5.41) is 3.03. The van der Waals surface area contributed by atoms with Gasteiger partial charge < -0.3 is 24.4 Å². The lowest BCUT2D eigenvalue weighted by Gasteiger charge is -2.46. The molecule has 150 valence electrons. The Labute approximate surface area is 162 Å². The molecule has 2 aliphatic rings. The van der Waals surface area contributed by atoms with Crippen LogP contribution in [0.4, 0.5) is 10.5 Å². The standard InChI is InChI=1S/C21H32N2O4/c1-3-25-14-15-26-18-8-13-27-21(16-18)9-11-23(12-10-21)20(24)22-19-7-5-4-6-17(19)2/h4-7,18H,3,8-16H2,1-2H3,(H,22,24). The van der Waals surface area contributed by atoms with Gasteiger partial charge in [-0.15, -0.1) is 0 Å². The Kier molecular flexibility index (Phi) is 7.10. The number of anilines is 1. The van der Waals surface area contributed by atoms with Crippen molar-refractivity contribution in [2.75, 3.05) is 44.8 Å². The number of ether oxygens (including phenoxy) is 3. The fraction of sp³-hybridized carbons (Fsp3) is 0.667. The Morgan fingerprint density at radius 3 is 2.81 bits per heavy atom. The van der Waals surface area contributed by atoms with Crippen molar-refractivity contribution in [3.63, 3.8) is 0 Å². The van der Waals surface area contributed by atoms with Crippen molar-refractivity contribution >= 4 is 11.7 Å². The maximum Gasteiger partial charge on any atom is 0.321 e. The Bertz CT molecular complexity index is 614. The molecule has 0 bridgehead atoms. The van der Waals surface area contributed by atoms with E-state index in [2.05, 4.69) is 5.32 Å². The smallest absolute Gasteiger partial charge is 0.321 e. The maximum atomic E-state index is 12.6. The molecule has 2 amide bonds. The van der Waals surface area contributed by atoms with Crippen LogP contribution in [0.15, 0.2) is 24.3 Å². The number of benzene rings is 1. The third kappa shape index (κ3) is 5.43. The van der Waals surface area contributed by atoms with Gasteiger partial charge in [-0.05, 0) is 44.7 Å². The third-order valence-electron chi connectivity index (χ3n) is 5.58. The highest BCUT2D eigenvalue weighted by Gasteiger charge is 2.41. The number of piperidine rings is 1. The number of amides is 2. The van der Waals surface area contributed by atoms with E-state index in [0.717, 1.165) is 50.1 Å². The summed E-state index contributed by atoms with van der Waals surface area (Å²) in [5.74, 6) is 0. The first kappa shape index (κ1) is 20.1. The number of nitrogens with zero attached hydrogens (tertiary/aromatic N) is 1. The molecule has 27 heavy (non-hydrogen) atoms. The second-order valence-corrected chi connectivity index (χ2v) is 7.45. The molecule has 0 aliphatic carbocycles. The lowest BCUT2D eigenvalue weighted by atomic mass is 9.83. The zero-order valence-corrected chi connectivity index (χ0v) is 16.5. The van der Waals surface area contributed by atoms with Crippen LogP contribution in [-0.4, -0.2) is 62.2 Å². The lowest BCUT2D eigenvalue weighted by Crippen LogP contribution is -2.52. The summed E-state index contributed by atoms with van der Waals surface area (Å²) in [6.07, 6.45) is 3.79. The van der Waals surface area contributed by atoms with Crippen molar-refractivity contribution in [1.82, 2.24) is 4.90 Å². The number of hydrogen-bond donors (Lipinski definition) is 1. The van der Waals surface area contributed by atoms with E-state index in [1.165, 1.54) is 0 Å². The van der Waals surface area contributed by atoms with Crippen LogP contribution in [-0.2, 0) is 14.2 Å². The molecular formula is C21H32N2O4. The van der Waals surface area contributed by atoms with Gasteiger partial charge in [0.25, 0.3) is 0 Å². The molecule has 0 radical (unpaired) electrons. The van der Waals surface area contributed by atoms with Gasteiger partial charge in [0.1, 0.15) is 0 Å². The number of rotatable bonds is 6. The molecule has 0 aromatic heterocycles. The predicted octanol–water partition coefficient (Wildman–Crippen LogP) is 3.59. The van der Waals surface area contributed by atoms with E-state index in [1.54, 1.807) is 0 Å². The van der Waals surface area contributed by atoms with E-state index in [-0.39, 0.29) is 17.7 Å². The number of hydrogen-bond acceptors (Lipinski definition) is 4. The van der Waals surface area contributed by atoms with Crippen LogP contribution < -0.4 is 5.32 Å². The van der Waals surface area contributed by atoms with Crippen LogP contribution in [0, 0.1) is 6.92 Å². The zero-order chi connectivity index (χ0) is 19.1. The van der Waals surface area contributed by atoms with Crippen LogP contribution in [0.3, 0.4) is 0 Å². The van der Waals surface area contributed by atoms with Crippen molar-refractivity contribution in [2.24, 2.45) is 0 Å². The molecule has 3 rings (SSSR count). The van der Waals surface area contributed by atoms with Crippen LogP contribution >= 0.6 is 0 Å². The van der Waals surface area contributed by atoms with Gasteiger partial charge in [0.2, 0.25) is 0 Å². The quantitative estimate of drug-likeness (QED) is 0.771. The van der Waals surface area contributed by atoms with Gasteiger partial charge in [0.15, 0.2) is 0 Å². The van der Waals surface area contributed by atoms with E-state index >= 15 is 0 Å². The van der Waals surface area contributed by atoms with Crippen LogP contribution in [0.2, 0.25) is 0 Å². The number of aryl methyl sites for hydroxylation is 1. The summed E-state index contributed by atoms with van der Waals surface area (Å²) < 4.78 is 17.5. The Balaban J connectivity index is 1.47. The van der Waals surface area contributed by atoms with Gasteiger partial charge in [0.05, 0.1) is 24.9 Å². The Hall–Kier alpha value is -1.63. The van der Waals surface area contributed by atoms with Crippen LogP contribution in [0.25, 0.3) is 0 Å². The molecule has 2 heterocycles. The number of carbonyl (C=O) groups excluding carboxylic acids is 1. The fourth-order valence-corrected chi connectivity index (χ4v) is 3.92.